The zero-order valence-corrected chi connectivity index (χ0v) is 18.9. The minimum atomic E-state index is -1.06. The van der Waals surface area contributed by atoms with Crippen LogP contribution in [0.15, 0.2) is 48.0 Å². The summed E-state index contributed by atoms with van der Waals surface area (Å²) in [6.45, 7) is 5.20. The summed E-state index contributed by atoms with van der Waals surface area (Å²) in [5.74, 6) is -1.90. The van der Waals surface area contributed by atoms with Crippen molar-refractivity contribution < 1.29 is 28.6 Å². The Kier molecular flexibility index (Phi) is 6.37. The van der Waals surface area contributed by atoms with Gasteiger partial charge in [0, 0.05) is 24.7 Å². The number of fused-ring (bicyclic) bond motifs is 1. The third kappa shape index (κ3) is 4.30. The topological polar surface area (TPSA) is 79.3 Å². The van der Waals surface area contributed by atoms with Gasteiger partial charge in [0.1, 0.15) is 23.9 Å². The molecule has 2 aliphatic rings. The number of amides is 1. The van der Waals surface area contributed by atoms with Crippen LogP contribution in [-0.2, 0) is 14.3 Å². The maximum absolute atomic E-state index is 14.8. The summed E-state index contributed by atoms with van der Waals surface area (Å²) >= 11 is 0. The van der Waals surface area contributed by atoms with E-state index in [4.69, 9.17) is 9.47 Å². The molecule has 8 heteroatoms. The molecular weight excluding hydrogens is 427 g/mol. The first-order chi connectivity index (χ1) is 15.8. The molecule has 174 valence electrons. The number of aliphatic hydroxyl groups is 1. The number of aliphatic hydroxyl groups excluding tert-OH is 1. The first-order valence-electron chi connectivity index (χ1n) is 10.9. The van der Waals surface area contributed by atoms with E-state index in [1.165, 1.54) is 23.1 Å². The Bertz CT molecular complexity index is 1110. The molecule has 33 heavy (non-hydrogen) atoms. The Morgan fingerprint density at radius 1 is 1.24 bits per heavy atom. The van der Waals surface area contributed by atoms with Crippen LogP contribution in [0.25, 0.3) is 5.76 Å². The summed E-state index contributed by atoms with van der Waals surface area (Å²) in [6, 6.07) is 9.94. The zero-order valence-electron chi connectivity index (χ0n) is 18.9. The minimum Gasteiger partial charge on any atom is -0.507 e. The molecule has 0 aromatic heterocycles. The molecular formula is C25H27FN2O5. The molecule has 0 radical (unpaired) electrons. The number of carbonyl (C=O) groups is 2. The summed E-state index contributed by atoms with van der Waals surface area (Å²) in [6.07, 6.45) is -0.0663. The third-order valence-corrected chi connectivity index (χ3v) is 5.85. The number of ether oxygens (including phenoxy) is 2. The Morgan fingerprint density at radius 3 is 2.73 bits per heavy atom. The number of hydrogen-bond donors (Lipinski definition) is 1. The van der Waals surface area contributed by atoms with Crippen LogP contribution in [0.1, 0.15) is 31.0 Å². The van der Waals surface area contributed by atoms with Crippen LogP contribution < -0.4 is 9.64 Å². The van der Waals surface area contributed by atoms with Crippen LogP contribution in [0.4, 0.5) is 10.1 Å². The summed E-state index contributed by atoms with van der Waals surface area (Å²) in [5, 5.41) is 11.2. The number of anilines is 1. The fourth-order valence-electron chi connectivity index (χ4n) is 4.17. The van der Waals surface area contributed by atoms with Gasteiger partial charge in [0.25, 0.3) is 11.7 Å². The van der Waals surface area contributed by atoms with Crippen molar-refractivity contribution in [3.05, 3.63) is 65.0 Å². The number of hydrogen-bond acceptors (Lipinski definition) is 6. The van der Waals surface area contributed by atoms with E-state index in [2.05, 4.69) is 0 Å². The van der Waals surface area contributed by atoms with Crippen molar-refractivity contribution in [1.82, 2.24) is 4.90 Å². The van der Waals surface area contributed by atoms with Crippen LogP contribution in [0.3, 0.4) is 0 Å². The molecule has 2 aliphatic heterocycles. The number of Topliss-reactive ketones (excluding diaryl/α,β-unsaturated/α-hetero) is 1. The van der Waals surface area contributed by atoms with Gasteiger partial charge in [0.2, 0.25) is 0 Å². The molecule has 2 heterocycles. The quantitative estimate of drug-likeness (QED) is 0.409. The molecule has 0 bridgehead atoms. The molecule has 0 aliphatic carbocycles. The number of benzene rings is 2. The average Bonchev–Trinajstić information content (AvgIpc) is 3.03. The van der Waals surface area contributed by atoms with E-state index >= 15 is 0 Å². The lowest BCUT2D eigenvalue weighted by Gasteiger charge is -2.28. The van der Waals surface area contributed by atoms with Crippen molar-refractivity contribution >= 4 is 23.1 Å². The largest absolute Gasteiger partial charge is 0.507 e. The molecule has 2 aromatic rings. The molecule has 1 atom stereocenters. The number of ketones is 1. The average molecular weight is 454 g/mol. The first-order valence-corrected chi connectivity index (χ1v) is 10.9. The molecule has 4 rings (SSSR count). The number of likely N-dealkylation sites (N-methyl/N-ethyl adjacent to an activating group) is 1. The van der Waals surface area contributed by atoms with E-state index in [-0.39, 0.29) is 36.2 Å². The van der Waals surface area contributed by atoms with E-state index < -0.39 is 23.5 Å². The Balaban J connectivity index is 1.81. The molecule has 7 nitrogen and oxygen atoms in total. The van der Waals surface area contributed by atoms with Gasteiger partial charge in [-0.3, -0.25) is 9.59 Å². The van der Waals surface area contributed by atoms with Gasteiger partial charge in [-0.25, -0.2) is 4.39 Å². The van der Waals surface area contributed by atoms with Crippen LogP contribution in [-0.4, -0.2) is 61.2 Å². The predicted molar refractivity (Wildman–Crippen MR) is 122 cm³/mol. The van der Waals surface area contributed by atoms with Gasteiger partial charge in [0.05, 0.1) is 36.6 Å². The highest BCUT2D eigenvalue weighted by atomic mass is 19.1. The summed E-state index contributed by atoms with van der Waals surface area (Å²) < 4.78 is 26.0. The zero-order chi connectivity index (χ0) is 23.7. The third-order valence-electron chi connectivity index (χ3n) is 5.85. The van der Waals surface area contributed by atoms with Gasteiger partial charge in [-0.15, -0.1) is 0 Å². The second-order valence-electron chi connectivity index (χ2n) is 8.39. The second kappa shape index (κ2) is 9.23. The number of likely N-dealkylation sites (tertiary alicyclic amines) is 1. The predicted octanol–water partition coefficient (Wildman–Crippen LogP) is 3.50. The summed E-state index contributed by atoms with van der Waals surface area (Å²) in [5.41, 5.74) is 1.10. The number of nitrogens with zero attached hydrogens (tertiary/aromatic N) is 2. The summed E-state index contributed by atoms with van der Waals surface area (Å²) in [4.78, 5) is 29.2. The van der Waals surface area contributed by atoms with Crippen molar-refractivity contribution in [1.29, 1.82) is 0 Å². The highest BCUT2D eigenvalue weighted by Crippen LogP contribution is 2.41. The molecule has 0 saturated carbocycles. The van der Waals surface area contributed by atoms with Gasteiger partial charge in [-0.05, 0) is 38.1 Å². The molecule has 0 spiro atoms. The highest BCUT2D eigenvalue weighted by Gasteiger charge is 2.46. The molecule has 2 aromatic carbocycles. The van der Waals surface area contributed by atoms with Crippen LogP contribution in [0.5, 0.6) is 5.75 Å². The Labute approximate surface area is 192 Å². The standard InChI is InChI=1S/C25H27FN2O5/c1-15(2)32-13-11-28-22(17-6-4-5-7-18(17)26)21(24(30)25(28)31)23(29)16-8-9-20-19(14-16)27(3)10-12-33-20/h4-9,14-15,22,29H,10-13H2,1-3H3/b23-21+. The smallest absolute Gasteiger partial charge is 0.295 e. The first kappa shape index (κ1) is 22.8. The second-order valence-corrected chi connectivity index (χ2v) is 8.39. The lowest BCUT2D eigenvalue weighted by Crippen LogP contribution is -2.33. The van der Waals surface area contributed by atoms with Gasteiger partial charge in [-0.2, -0.15) is 0 Å². The van der Waals surface area contributed by atoms with Crippen molar-refractivity contribution in [3.8, 4) is 5.75 Å². The van der Waals surface area contributed by atoms with Gasteiger partial charge in [0.15, 0.2) is 0 Å². The number of halogens is 1. The SMILES string of the molecule is CC(C)OCCN1C(=O)C(=O)/C(=C(/O)c2ccc3c(c2)N(C)CCO3)C1c1ccccc1F. The van der Waals surface area contributed by atoms with E-state index in [0.717, 1.165) is 5.69 Å². The van der Waals surface area contributed by atoms with E-state index in [9.17, 15) is 19.1 Å². The molecule has 1 N–H and O–H groups in total. The Morgan fingerprint density at radius 2 is 2.00 bits per heavy atom. The lowest BCUT2D eigenvalue weighted by molar-refractivity contribution is -0.140. The molecule has 1 saturated heterocycles. The van der Waals surface area contributed by atoms with Crippen molar-refractivity contribution in [3.63, 3.8) is 0 Å². The molecule has 1 amide bonds. The fourth-order valence-corrected chi connectivity index (χ4v) is 4.17. The molecule has 1 fully saturated rings. The van der Waals surface area contributed by atoms with E-state index in [1.54, 1.807) is 24.3 Å². The van der Waals surface area contributed by atoms with Gasteiger partial charge >= 0.3 is 0 Å². The van der Waals surface area contributed by atoms with Crippen LogP contribution in [0.2, 0.25) is 0 Å². The van der Waals surface area contributed by atoms with Gasteiger partial charge in [-0.1, -0.05) is 18.2 Å². The monoisotopic (exact) mass is 454 g/mol. The number of rotatable bonds is 6. The molecule has 1 unspecified atom stereocenters. The van der Waals surface area contributed by atoms with E-state index in [0.29, 0.717) is 24.5 Å². The van der Waals surface area contributed by atoms with E-state index in [1.807, 2.05) is 25.8 Å². The van der Waals surface area contributed by atoms with Crippen LogP contribution >= 0.6 is 0 Å². The number of carbonyl (C=O) groups excluding carboxylic acids is 2. The normalized spacial score (nSPS) is 19.7. The summed E-state index contributed by atoms with van der Waals surface area (Å²) in [7, 11) is 1.90. The Hall–Kier alpha value is -3.39. The van der Waals surface area contributed by atoms with Crippen molar-refractivity contribution in [2.75, 3.05) is 38.3 Å². The van der Waals surface area contributed by atoms with Crippen LogP contribution in [0, 0.1) is 5.82 Å². The minimum absolute atomic E-state index is 0.0663. The van der Waals surface area contributed by atoms with Gasteiger partial charge < -0.3 is 24.4 Å². The van der Waals surface area contributed by atoms with Crippen molar-refractivity contribution in [2.45, 2.75) is 26.0 Å². The highest BCUT2D eigenvalue weighted by molar-refractivity contribution is 6.46. The fraction of sp³-hybridized carbons (Fsp3) is 0.360. The maximum atomic E-state index is 14.8. The lowest BCUT2D eigenvalue weighted by atomic mass is 9.94. The van der Waals surface area contributed by atoms with Crippen molar-refractivity contribution in [2.24, 2.45) is 0 Å². The maximum Gasteiger partial charge on any atom is 0.295 e.